The third kappa shape index (κ3) is 3.43. The summed E-state index contributed by atoms with van der Waals surface area (Å²) >= 11 is 6.36. The van der Waals surface area contributed by atoms with Crippen molar-refractivity contribution in [1.29, 1.82) is 0 Å². The summed E-state index contributed by atoms with van der Waals surface area (Å²) in [5, 5.41) is 3.72. The summed E-state index contributed by atoms with van der Waals surface area (Å²) in [6.45, 7) is 2.06. The number of piperidine rings is 1. The van der Waals surface area contributed by atoms with Gasteiger partial charge in [-0.3, -0.25) is 14.5 Å². The monoisotopic (exact) mass is 451 g/mol. The van der Waals surface area contributed by atoms with E-state index in [9.17, 15) is 9.59 Å². The van der Waals surface area contributed by atoms with Crippen molar-refractivity contribution in [3.63, 3.8) is 0 Å². The number of amides is 2. The van der Waals surface area contributed by atoms with E-state index in [1.807, 2.05) is 0 Å². The second kappa shape index (κ2) is 8.53. The minimum atomic E-state index is -0.618. The summed E-state index contributed by atoms with van der Waals surface area (Å²) < 4.78 is 0. The molecule has 32 heavy (non-hydrogen) atoms. The zero-order valence-corrected chi connectivity index (χ0v) is 19.1. The van der Waals surface area contributed by atoms with Gasteiger partial charge in [0.05, 0.1) is 27.4 Å². The van der Waals surface area contributed by atoms with E-state index in [1.165, 1.54) is 5.56 Å². The standard InChI is InChI=1S/C26H30ClN3O2/c27-20-6-5-7-22(23(20)24(28)31)30-21-9-8-18(17-10-14-29-15-11-17)16-19(21)26(25(30)32)12-3-1-2-4-13-26/h5-9,16-17,29H,1-4,10-15H2,(H2,28,31). The SMILES string of the molecule is NC(=O)c1c(Cl)cccc1N1C(=O)C2(CCCCCC2)c2cc(C3CCNCC3)ccc21. The van der Waals surface area contributed by atoms with Crippen LogP contribution in [-0.2, 0) is 10.2 Å². The fourth-order valence-electron chi connectivity index (χ4n) is 5.98. The third-order valence-corrected chi connectivity index (χ3v) is 7.95. The first kappa shape index (κ1) is 21.5. The Kier molecular flexibility index (Phi) is 5.72. The Morgan fingerprint density at radius 3 is 2.44 bits per heavy atom. The first-order valence-corrected chi connectivity index (χ1v) is 12.2. The summed E-state index contributed by atoms with van der Waals surface area (Å²) in [6, 6.07) is 11.7. The van der Waals surface area contributed by atoms with Crippen LogP contribution in [0.4, 0.5) is 11.4 Å². The molecule has 1 aliphatic carbocycles. The Labute approximate surface area is 194 Å². The van der Waals surface area contributed by atoms with Crippen molar-refractivity contribution in [2.75, 3.05) is 18.0 Å². The van der Waals surface area contributed by atoms with Crippen LogP contribution in [0.15, 0.2) is 36.4 Å². The zero-order chi connectivity index (χ0) is 22.3. The number of rotatable bonds is 3. The van der Waals surface area contributed by atoms with Gasteiger partial charge < -0.3 is 11.1 Å². The van der Waals surface area contributed by atoms with E-state index in [4.69, 9.17) is 17.3 Å². The molecular weight excluding hydrogens is 422 g/mol. The highest BCUT2D eigenvalue weighted by molar-refractivity contribution is 6.35. The minimum Gasteiger partial charge on any atom is -0.365 e. The molecular formula is C26H30ClN3O2. The number of hydrogen-bond donors (Lipinski definition) is 2. The lowest BCUT2D eigenvalue weighted by molar-refractivity contribution is -0.123. The van der Waals surface area contributed by atoms with Crippen molar-refractivity contribution in [1.82, 2.24) is 5.32 Å². The van der Waals surface area contributed by atoms with E-state index < -0.39 is 11.3 Å². The first-order chi connectivity index (χ1) is 15.5. The maximum atomic E-state index is 14.2. The van der Waals surface area contributed by atoms with Crippen LogP contribution < -0.4 is 16.0 Å². The van der Waals surface area contributed by atoms with Gasteiger partial charge in [0.15, 0.2) is 0 Å². The van der Waals surface area contributed by atoms with Crippen molar-refractivity contribution in [3.05, 3.63) is 58.1 Å². The average Bonchev–Trinajstić information content (AvgIpc) is 2.94. The largest absolute Gasteiger partial charge is 0.365 e. The highest BCUT2D eigenvalue weighted by Gasteiger charge is 2.51. The van der Waals surface area contributed by atoms with Crippen LogP contribution in [0, 0.1) is 0 Å². The molecule has 6 heteroatoms. The maximum absolute atomic E-state index is 14.2. The molecule has 0 bridgehead atoms. The number of carbonyl (C=O) groups is 2. The van der Waals surface area contributed by atoms with Crippen molar-refractivity contribution >= 4 is 34.8 Å². The molecule has 5 rings (SSSR count). The molecule has 2 heterocycles. The van der Waals surface area contributed by atoms with Gasteiger partial charge in [0.1, 0.15) is 0 Å². The Hall–Kier alpha value is -2.37. The fourth-order valence-corrected chi connectivity index (χ4v) is 6.24. The van der Waals surface area contributed by atoms with E-state index in [0.717, 1.165) is 75.7 Å². The van der Waals surface area contributed by atoms with Gasteiger partial charge in [-0.15, -0.1) is 0 Å². The van der Waals surface area contributed by atoms with Crippen LogP contribution in [-0.4, -0.2) is 24.9 Å². The lowest BCUT2D eigenvalue weighted by Crippen LogP contribution is -2.38. The number of nitrogens with zero attached hydrogens (tertiary/aromatic N) is 1. The average molecular weight is 452 g/mol. The predicted octanol–water partition coefficient (Wildman–Crippen LogP) is 5.18. The summed E-state index contributed by atoms with van der Waals surface area (Å²) in [5.41, 5.74) is 9.18. The van der Waals surface area contributed by atoms with Crippen LogP contribution >= 0.6 is 11.6 Å². The maximum Gasteiger partial charge on any atom is 0.252 e. The van der Waals surface area contributed by atoms with Gasteiger partial charge in [0, 0.05) is 0 Å². The summed E-state index contributed by atoms with van der Waals surface area (Å²) in [7, 11) is 0. The molecule has 0 radical (unpaired) electrons. The predicted molar refractivity (Wildman–Crippen MR) is 128 cm³/mol. The second-order valence-electron chi connectivity index (χ2n) is 9.44. The Balaban J connectivity index is 1.68. The van der Waals surface area contributed by atoms with Crippen molar-refractivity contribution < 1.29 is 9.59 Å². The van der Waals surface area contributed by atoms with Crippen LogP contribution in [0.25, 0.3) is 0 Å². The fraction of sp³-hybridized carbons (Fsp3) is 0.462. The van der Waals surface area contributed by atoms with Crippen LogP contribution in [0.5, 0.6) is 0 Å². The molecule has 3 N–H and O–H groups in total. The van der Waals surface area contributed by atoms with Gasteiger partial charge >= 0.3 is 0 Å². The molecule has 2 aliphatic heterocycles. The Bertz CT molecular complexity index is 1050. The number of halogens is 1. The molecule has 0 atom stereocenters. The molecule has 5 nitrogen and oxygen atoms in total. The Morgan fingerprint density at radius 2 is 1.75 bits per heavy atom. The van der Waals surface area contributed by atoms with E-state index in [1.54, 1.807) is 23.1 Å². The van der Waals surface area contributed by atoms with E-state index in [0.29, 0.717) is 11.6 Å². The molecule has 2 amide bonds. The number of benzene rings is 2. The molecule has 0 aromatic heterocycles. The first-order valence-electron chi connectivity index (χ1n) is 11.8. The highest BCUT2D eigenvalue weighted by atomic mass is 35.5. The van der Waals surface area contributed by atoms with Crippen molar-refractivity contribution in [3.8, 4) is 0 Å². The molecule has 2 fully saturated rings. The van der Waals surface area contributed by atoms with Gasteiger partial charge in [-0.05, 0) is 74.0 Å². The number of fused-ring (bicyclic) bond motifs is 2. The summed E-state index contributed by atoms with van der Waals surface area (Å²) in [6.07, 6.45) is 8.30. The number of primary amides is 1. The molecule has 2 aromatic carbocycles. The molecule has 2 aromatic rings. The van der Waals surface area contributed by atoms with E-state index in [-0.39, 0.29) is 16.5 Å². The van der Waals surface area contributed by atoms with E-state index >= 15 is 0 Å². The molecule has 1 saturated carbocycles. The smallest absolute Gasteiger partial charge is 0.252 e. The summed E-state index contributed by atoms with van der Waals surface area (Å²) in [4.78, 5) is 28.2. The number of hydrogen-bond acceptors (Lipinski definition) is 3. The molecule has 0 unspecified atom stereocenters. The van der Waals surface area contributed by atoms with Crippen molar-refractivity contribution in [2.45, 2.75) is 62.7 Å². The molecule has 3 aliphatic rings. The molecule has 1 saturated heterocycles. The third-order valence-electron chi connectivity index (χ3n) is 7.64. The summed E-state index contributed by atoms with van der Waals surface area (Å²) in [5.74, 6) is -0.0457. The number of nitrogens with two attached hydrogens (primary N) is 1. The number of carbonyl (C=O) groups excluding carboxylic acids is 2. The zero-order valence-electron chi connectivity index (χ0n) is 18.3. The minimum absolute atomic E-state index is 0.0571. The van der Waals surface area contributed by atoms with Crippen LogP contribution in [0.2, 0.25) is 5.02 Å². The highest BCUT2D eigenvalue weighted by Crippen LogP contribution is 2.53. The Morgan fingerprint density at radius 1 is 1.03 bits per heavy atom. The van der Waals surface area contributed by atoms with Crippen molar-refractivity contribution in [2.24, 2.45) is 5.73 Å². The second-order valence-corrected chi connectivity index (χ2v) is 9.84. The lowest BCUT2D eigenvalue weighted by Gasteiger charge is -2.29. The van der Waals surface area contributed by atoms with Gasteiger partial charge in [-0.1, -0.05) is 55.5 Å². The van der Waals surface area contributed by atoms with Gasteiger partial charge in [0.25, 0.3) is 5.91 Å². The quantitative estimate of drug-likeness (QED) is 0.675. The van der Waals surface area contributed by atoms with Crippen LogP contribution in [0.1, 0.15) is 78.8 Å². The molecule has 1 spiro atoms. The van der Waals surface area contributed by atoms with Gasteiger partial charge in [0.2, 0.25) is 5.91 Å². The van der Waals surface area contributed by atoms with Gasteiger partial charge in [-0.25, -0.2) is 0 Å². The topological polar surface area (TPSA) is 75.4 Å². The number of anilines is 2. The normalized spacial score (nSPS) is 20.9. The molecule has 168 valence electrons. The van der Waals surface area contributed by atoms with E-state index in [2.05, 4.69) is 23.5 Å². The number of nitrogens with one attached hydrogen (secondary N) is 1. The lowest BCUT2D eigenvalue weighted by atomic mass is 9.74. The van der Waals surface area contributed by atoms with Crippen LogP contribution in [0.3, 0.4) is 0 Å². The van der Waals surface area contributed by atoms with Gasteiger partial charge in [-0.2, -0.15) is 0 Å².